The summed E-state index contributed by atoms with van der Waals surface area (Å²) in [5.41, 5.74) is 1.41. The lowest BCUT2D eigenvalue weighted by Crippen LogP contribution is -2.41. The summed E-state index contributed by atoms with van der Waals surface area (Å²) < 4.78 is 11.2. The van der Waals surface area contributed by atoms with Crippen molar-refractivity contribution in [1.82, 2.24) is 10.6 Å². The van der Waals surface area contributed by atoms with Gasteiger partial charge in [-0.1, -0.05) is 60.7 Å². The van der Waals surface area contributed by atoms with Crippen LogP contribution in [-0.2, 0) is 20.7 Å². The van der Waals surface area contributed by atoms with E-state index in [1.54, 1.807) is 30.3 Å². The molecule has 2 N–H and O–H groups in total. The molecule has 30 heavy (non-hydrogen) atoms. The first-order valence-corrected chi connectivity index (χ1v) is 9.48. The summed E-state index contributed by atoms with van der Waals surface area (Å²) in [7, 11) is 1.39. The highest BCUT2D eigenvalue weighted by Gasteiger charge is 2.26. The number of hydrogen-bond acceptors (Lipinski definition) is 5. The monoisotopic (exact) mass is 406 g/mol. The molecule has 0 radical (unpaired) electrons. The molecule has 1 aromatic heterocycles. The molecule has 0 bridgehead atoms. The van der Waals surface area contributed by atoms with Gasteiger partial charge in [-0.15, -0.1) is 0 Å². The standard InChI is InChI=1S/C23H22N2O5/c1-24-23(28)25-22(27)21(17-10-6-3-7-11-17)30-20(26)15-13-18-12-14-19(29-18)16-8-4-2-5-9-16/h2-12,14,21H,13,15H2,1H3,(H2,24,25,27,28)/t21-/m0/s1. The van der Waals surface area contributed by atoms with Crippen molar-refractivity contribution in [2.75, 3.05) is 7.05 Å². The van der Waals surface area contributed by atoms with E-state index < -0.39 is 24.0 Å². The molecule has 0 aliphatic carbocycles. The van der Waals surface area contributed by atoms with E-state index in [1.807, 2.05) is 42.5 Å². The van der Waals surface area contributed by atoms with Gasteiger partial charge in [-0.3, -0.25) is 14.9 Å². The predicted octanol–water partition coefficient (Wildman–Crippen LogP) is 3.62. The summed E-state index contributed by atoms with van der Waals surface area (Å²) >= 11 is 0. The van der Waals surface area contributed by atoms with Crippen LogP contribution in [0.25, 0.3) is 11.3 Å². The summed E-state index contributed by atoms with van der Waals surface area (Å²) in [6, 6.07) is 21.1. The molecule has 0 unspecified atom stereocenters. The Hall–Kier alpha value is -3.87. The summed E-state index contributed by atoms with van der Waals surface area (Å²) in [4.78, 5) is 36.3. The Morgan fingerprint density at radius 2 is 1.60 bits per heavy atom. The fourth-order valence-corrected chi connectivity index (χ4v) is 2.83. The number of carbonyl (C=O) groups excluding carboxylic acids is 3. The first-order valence-electron chi connectivity index (χ1n) is 9.48. The lowest BCUT2D eigenvalue weighted by Gasteiger charge is -2.17. The number of nitrogens with one attached hydrogen (secondary N) is 2. The predicted molar refractivity (Wildman–Crippen MR) is 110 cm³/mol. The molecule has 0 fully saturated rings. The fraction of sp³-hybridized carbons (Fsp3) is 0.174. The molecule has 154 valence electrons. The van der Waals surface area contributed by atoms with Crippen LogP contribution in [0.5, 0.6) is 0 Å². The van der Waals surface area contributed by atoms with Crippen LogP contribution in [0, 0.1) is 0 Å². The van der Waals surface area contributed by atoms with Crippen LogP contribution in [-0.4, -0.2) is 25.0 Å². The highest BCUT2D eigenvalue weighted by molar-refractivity contribution is 5.97. The van der Waals surface area contributed by atoms with Gasteiger partial charge in [0.25, 0.3) is 5.91 Å². The fourth-order valence-electron chi connectivity index (χ4n) is 2.83. The number of amides is 3. The third kappa shape index (κ3) is 5.57. The third-order valence-electron chi connectivity index (χ3n) is 4.35. The highest BCUT2D eigenvalue weighted by atomic mass is 16.5. The van der Waals surface area contributed by atoms with Gasteiger partial charge in [0.2, 0.25) is 6.10 Å². The minimum absolute atomic E-state index is 0.0261. The van der Waals surface area contributed by atoms with Crippen LogP contribution < -0.4 is 10.6 Å². The van der Waals surface area contributed by atoms with E-state index in [9.17, 15) is 14.4 Å². The summed E-state index contributed by atoms with van der Waals surface area (Å²) in [5, 5.41) is 4.44. The summed E-state index contributed by atoms with van der Waals surface area (Å²) in [6.07, 6.45) is -0.879. The van der Waals surface area contributed by atoms with Gasteiger partial charge < -0.3 is 14.5 Å². The lowest BCUT2D eigenvalue weighted by molar-refractivity contribution is -0.156. The Morgan fingerprint density at radius 1 is 0.933 bits per heavy atom. The number of benzene rings is 2. The largest absolute Gasteiger partial charge is 0.461 e. The van der Waals surface area contributed by atoms with Gasteiger partial charge in [0.1, 0.15) is 11.5 Å². The molecule has 7 nitrogen and oxygen atoms in total. The Morgan fingerprint density at radius 3 is 2.27 bits per heavy atom. The van der Waals surface area contributed by atoms with Crippen LogP contribution in [0.4, 0.5) is 4.79 Å². The first-order chi connectivity index (χ1) is 14.6. The van der Waals surface area contributed by atoms with Gasteiger partial charge in [-0.2, -0.15) is 0 Å². The second kappa shape index (κ2) is 10.1. The maximum Gasteiger partial charge on any atom is 0.321 e. The molecule has 2 aromatic carbocycles. The van der Waals surface area contributed by atoms with Crippen molar-refractivity contribution in [2.45, 2.75) is 18.9 Å². The van der Waals surface area contributed by atoms with Gasteiger partial charge >= 0.3 is 12.0 Å². The molecule has 3 rings (SSSR count). The lowest BCUT2D eigenvalue weighted by atomic mass is 10.1. The average Bonchev–Trinajstić information content (AvgIpc) is 3.26. The molecule has 0 aliphatic heterocycles. The van der Waals surface area contributed by atoms with E-state index in [1.165, 1.54) is 7.05 Å². The zero-order chi connectivity index (χ0) is 21.3. The molecule has 7 heteroatoms. The van der Waals surface area contributed by atoms with Gasteiger partial charge in [-0.05, 0) is 12.1 Å². The van der Waals surface area contributed by atoms with Crippen LogP contribution >= 0.6 is 0 Å². The smallest absolute Gasteiger partial charge is 0.321 e. The van der Waals surface area contributed by atoms with Crippen molar-refractivity contribution < 1.29 is 23.5 Å². The van der Waals surface area contributed by atoms with E-state index in [2.05, 4.69) is 10.6 Å². The topological polar surface area (TPSA) is 97.6 Å². The molecule has 1 heterocycles. The van der Waals surface area contributed by atoms with Crippen LogP contribution in [0.3, 0.4) is 0 Å². The van der Waals surface area contributed by atoms with Crippen LogP contribution in [0.1, 0.15) is 23.8 Å². The molecule has 1 atom stereocenters. The van der Waals surface area contributed by atoms with Gasteiger partial charge in [0.15, 0.2) is 0 Å². The second-order valence-electron chi connectivity index (χ2n) is 6.48. The quantitative estimate of drug-likeness (QED) is 0.584. The number of furan rings is 1. The molecule has 0 spiro atoms. The minimum Gasteiger partial charge on any atom is -0.461 e. The molecular formula is C23H22N2O5. The van der Waals surface area contributed by atoms with Crippen molar-refractivity contribution in [1.29, 1.82) is 0 Å². The van der Waals surface area contributed by atoms with Crippen LogP contribution in [0.15, 0.2) is 77.2 Å². The number of aryl methyl sites for hydroxylation is 1. The van der Waals surface area contributed by atoms with E-state index >= 15 is 0 Å². The Balaban J connectivity index is 1.62. The van der Waals surface area contributed by atoms with E-state index in [0.29, 0.717) is 23.5 Å². The third-order valence-corrected chi connectivity index (χ3v) is 4.35. The number of esters is 1. The van der Waals surface area contributed by atoms with E-state index in [4.69, 9.17) is 9.15 Å². The number of rotatable bonds is 7. The zero-order valence-corrected chi connectivity index (χ0v) is 16.5. The molecule has 0 aliphatic rings. The Labute approximate surface area is 174 Å². The molecule has 0 saturated carbocycles. The van der Waals surface area contributed by atoms with Crippen molar-refractivity contribution in [2.24, 2.45) is 0 Å². The van der Waals surface area contributed by atoms with Crippen molar-refractivity contribution in [3.63, 3.8) is 0 Å². The normalized spacial score (nSPS) is 11.4. The first kappa shape index (κ1) is 20.9. The second-order valence-corrected chi connectivity index (χ2v) is 6.48. The number of carbonyl (C=O) groups is 3. The molecule has 0 saturated heterocycles. The highest BCUT2D eigenvalue weighted by Crippen LogP contribution is 2.23. The zero-order valence-electron chi connectivity index (χ0n) is 16.5. The van der Waals surface area contributed by atoms with Gasteiger partial charge in [0, 0.05) is 24.6 Å². The molecule has 3 amide bonds. The van der Waals surface area contributed by atoms with Crippen molar-refractivity contribution in [3.8, 4) is 11.3 Å². The average molecular weight is 406 g/mol. The number of hydrogen-bond donors (Lipinski definition) is 2. The van der Waals surface area contributed by atoms with Gasteiger partial charge in [0.05, 0.1) is 6.42 Å². The Kier molecular flexibility index (Phi) is 7.00. The summed E-state index contributed by atoms with van der Waals surface area (Å²) in [5.74, 6) is 0.0507. The number of imide groups is 1. The maximum atomic E-state index is 12.4. The minimum atomic E-state index is -1.23. The Bertz CT molecular complexity index is 999. The van der Waals surface area contributed by atoms with E-state index in [-0.39, 0.29) is 6.42 Å². The molecular weight excluding hydrogens is 384 g/mol. The van der Waals surface area contributed by atoms with E-state index in [0.717, 1.165) is 5.56 Å². The summed E-state index contributed by atoms with van der Waals surface area (Å²) in [6.45, 7) is 0. The van der Waals surface area contributed by atoms with Gasteiger partial charge in [-0.25, -0.2) is 4.79 Å². The van der Waals surface area contributed by atoms with Crippen LogP contribution in [0.2, 0.25) is 0 Å². The van der Waals surface area contributed by atoms with Crippen molar-refractivity contribution >= 4 is 17.9 Å². The number of ether oxygens (including phenoxy) is 1. The number of urea groups is 1. The molecule has 3 aromatic rings. The maximum absolute atomic E-state index is 12.4. The van der Waals surface area contributed by atoms with Crippen molar-refractivity contribution in [3.05, 3.63) is 84.1 Å². The SMILES string of the molecule is CNC(=O)NC(=O)[C@@H](OC(=O)CCc1ccc(-c2ccccc2)o1)c1ccccc1.